The van der Waals surface area contributed by atoms with Crippen LogP contribution in [0.4, 0.5) is 0 Å². The summed E-state index contributed by atoms with van der Waals surface area (Å²) >= 11 is 0. The van der Waals surface area contributed by atoms with Crippen LogP contribution >= 0.6 is 0 Å². The van der Waals surface area contributed by atoms with E-state index in [-0.39, 0.29) is 6.10 Å². The van der Waals surface area contributed by atoms with E-state index in [1.54, 1.807) is 12.4 Å². The molecule has 1 atom stereocenters. The zero-order chi connectivity index (χ0) is 17.8. The molecule has 0 aliphatic carbocycles. The van der Waals surface area contributed by atoms with Gasteiger partial charge in [0.1, 0.15) is 23.4 Å². The Morgan fingerprint density at radius 1 is 0.846 bits per heavy atom. The molecule has 0 spiro atoms. The van der Waals surface area contributed by atoms with Crippen LogP contribution in [0.1, 0.15) is 18.6 Å². The second-order valence-electron chi connectivity index (χ2n) is 5.89. The predicted molar refractivity (Wildman–Crippen MR) is 97.5 cm³/mol. The van der Waals surface area contributed by atoms with Crippen LogP contribution in [-0.4, -0.2) is 4.98 Å². The summed E-state index contributed by atoms with van der Waals surface area (Å²) in [5.41, 5.74) is 4.83. The van der Waals surface area contributed by atoms with Crippen molar-refractivity contribution >= 4 is 0 Å². The summed E-state index contributed by atoms with van der Waals surface area (Å²) in [4.78, 5) is 9.73. The van der Waals surface area contributed by atoms with Gasteiger partial charge in [-0.1, -0.05) is 30.3 Å². The average molecular weight is 346 g/mol. The van der Waals surface area contributed by atoms with E-state index in [0.717, 1.165) is 22.6 Å². The van der Waals surface area contributed by atoms with E-state index in [2.05, 4.69) is 10.5 Å². The summed E-state index contributed by atoms with van der Waals surface area (Å²) in [6, 6.07) is 21.2. The fourth-order valence-electron chi connectivity index (χ4n) is 2.68. The maximum atomic E-state index is 5.82. The minimum absolute atomic E-state index is 0.215. The van der Waals surface area contributed by atoms with Crippen molar-refractivity contribution in [1.29, 1.82) is 0 Å². The van der Waals surface area contributed by atoms with Crippen molar-refractivity contribution in [2.45, 2.75) is 13.0 Å². The van der Waals surface area contributed by atoms with Crippen LogP contribution in [0.5, 0.6) is 17.2 Å². The third kappa shape index (κ3) is 3.53. The SMILES string of the molecule is CC1=C(Oc2cccnc2)NO[C@@H]1c1ccc(Oc2ccccc2)cc1. The molecular weight excluding hydrogens is 328 g/mol. The molecule has 0 bridgehead atoms. The lowest BCUT2D eigenvalue weighted by Gasteiger charge is -2.11. The Balaban J connectivity index is 1.47. The van der Waals surface area contributed by atoms with Crippen LogP contribution in [0.15, 0.2) is 90.6 Å². The highest BCUT2D eigenvalue weighted by Crippen LogP contribution is 2.33. The number of hydroxylamine groups is 1. The van der Waals surface area contributed by atoms with Crippen LogP contribution in [0.2, 0.25) is 0 Å². The Bertz CT molecular complexity index is 894. The Morgan fingerprint density at radius 2 is 1.58 bits per heavy atom. The van der Waals surface area contributed by atoms with E-state index in [1.165, 1.54) is 0 Å². The van der Waals surface area contributed by atoms with E-state index >= 15 is 0 Å². The first-order valence-corrected chi connectivity index (χ1v) is 8.33. The van der Waals surface area contributed by atoms with E-state index in [9.17, 15) is 0 Å². The van der Waals surface area contributed by atoms with Crippen molar-refractivity contribution in [3.8, 4) is 17.2 Å². The minimum atomic E-state index is -0.215. The number of hydrogen-bond donors (Lipinski definition) is 1. The monoisotopic (exact) mass is 346 g/mol. The fourth-order valence-corrected chi connectivity index (χ4v) is 2.68. The lowest BCUT2D eigenvalue weighted by Crippen LogP contribution is -2.12. The molecule has 0 saturated heterocycles. The first-order valence-electron chi connectivity index (χ1n) is 8.33. The van der Waals surface area contributed by atoms with Gasteiger partial charge >= 0.3 is 0 Å². The number of aromatic nitrogens is 1. The van der Waals surface area contributed by atoms with Gasteiger partial charge in [-0.15, -0.1) is 0 Å². The first-order chi connectivity index (χ1) is 12.8. The molecule has 130 valence electrons. The lowest BCUT2D eigenvalue weighted by atomic mass is 10.0. The van der Waals surface area contributed by atoms with Crippen molar-refractivity contribution in [3.05, 3.63) is 96.1 Å². The Hall–Kier alpha value is -3.31. The molecular formula is C21H18N2O3. The molecule has 0 unspecified atom stereocenters. The highest BCUT2D eigenvalue weighted by atomic mass is 16.7. The number of rotatable bonds is 5. The quantitative estimate of drug-likeness (QED) is 0.722. The van der Waals surface area contributed by atoms with Crippen molar-refractivity contribution in [1.82, 2.24) is 10.5 Å². The van der Waals surface area contributed by atoms with E-state index in [4.69, 9.17) is 14.3 Å². The molecule has 0 radical (unpaired) electrons. The van der Waals surface area contributed by atoms with Gasteiger partial charge in [0, 0.05) is 11.8 Å². The zero-order valence-corrected chi connectivity index (χ0v) is 14.3. The first kappa shape index (κ1) is 16.2. The number of ether oxygens (including phenoxy) is 2. The molecule has 1 aromatic heterocycles. The summed E-state index contributed by atoms with van der Waals surface area (Å²) in [6.45, 7) is 1.98. The number of nitrogens with one attached hydrogen (secondary N) is 1. The molecule has 2 aromatic carbocycles. The van der Waals surface area contributed by atoms with E-state index in [0.29, 0.717) is 11.6 Å². The maximum absolute atomic E-state index is 5.82. The Morgan fingerprint density at radius 3 is 2.31 bits per heavy atom. The standard InChI is InChI=1S/C21H18N2O3/c1-15-20(26-23-21(15)25-19-8-5-13-22-14-19)16-9-11-18(12-10-16)24-17-6-3-2-4-7-17/h2-14,20,23H,1H3/t20-/m0/s1. The number of hydrogen-bond acceptors (Lipinski definition) is 5. The number of benzene rings is 2. The van der Waals surface area contributed by atoms with Crippen molar-refractivity contribution < 1.29 is 14.3 Å². The van der Waals surface area contributed by atoms with Gasteiger partial charge in [0.15, 0.2) is 0 Å². The molecule has 2 heterocycles. The normalized spacial score (nSPS) is 16.3. The van der Waals surface area contributed by atoms with Gasteiger partial charge in [0.05, 0.1) is 6.20 Å². The number of pyridine rings is 1. The smallest absolute Gasteiger partial charge is 0.219 e. The predicted octanol–water partition coefficient (Wildman–Crippen LogP) is 4.76. The van der Waals surface area contributed by atoms with Gasteiger partial charge in [0.25, 0.3) is 0 Å². The van der Waals surface area contributed by atoms with Crippen LogP contribution in [-0.2, 0) is 4.84 Å². The van der Waals surface area contributed by atoms with Gasteiger partial charge in [-0.05, 0) is 48.9 Å². The summed E-state index contributed by atoms with van der Waals surface area (Å²) in [5.74, 6) is 2.83. The summed E-state index contributed by atoms with van der Waals surface area (Å²) in [6.07, 6.45) is 3.15. The van der Waals surface area contributed by atoms with Crippen LogP contribution in [0.25, 0.3) is 0 Å². The van der Waals surface area contributed by atoms with Gasteiger partial charge in [0.2, 0.25) is 5.88 Å². The molecule has 0 fully saturated rings. The Kier molecular flexibility index (Phi) is 4.53. The van der Waals surface area contributed by atoms with E-state index < -0.39 is 0 Å². The molecule has 5 nitrogen and oxygen atoms in total. The van der Waals surface area contributed by atoms with Gasteiger partial charge < -0.3 is 9.47 Å². The fraction of sp³-hybridized carbons (Fsp3) is 0.0952. The van der Waals surface area contributed by atoms with Gasteiger partial charge in [-0.3, -0.25) is 9.82 Å². The third-order valence-corrected chi connectivity index (χ3v) is 4.04. The van der Waals surface area contributed by atoms with Crippen LogP contribution in [0.3, 0.4) is 0 Å². The molecule has 1 N–H and O–H groups in total. The number of nitrogens with zero attached hydrogens (tertiary/aromatic N) is 1. The molecule has 5 heteroatoms. The summed E-state index contributed by atoms with van der Waals surface area (Å²) in [7, 11) is 0. The van der Waals surface area contributed by atoms with Crippen molar-refractivity contribution in [2.24, 2.45) is 0 Å². The van der Waals surface area contributed by atoms with Crippen LogP contribution in [0, 0.1) is 0 Å². The molecule has 3 aromatic rings. The zero-order valence-electron chi connectivity index (χ0n) is 14.3. The second kappa shape index (κ2) is 7.29. The highest BCUT2D eigenvalue weighted by molar-refractivity contribution is 5.37. The largest absolute Gasteiger partial charge is 0.457 e. The lowest BCUT2D eigenvalue weighted by molar-refractivity contribution is 0.0246. The molecule has 0 saturated carbocycles. The molecule has 26 heavy (non-hydrogen) atoms. The van der Waals surface area contributed by atoms with Gasteiger partial charge in [-0.2, -0.15) is 0 Å². The highest BCUT2D eigenvalue weighted by Gasteiger charge is 2.26. The average Bonchev–Trinajstić information content (AvgIpc) is 3.05. The molecule has 0 amide bonds. The third-order valence-electron chi connectivity index (χ3n) is 4.04. The molecule has 4 rings (SSSR count). The molecule has 1 aliphatic rings. The Labute approximate surface area is 151 Å². The summed E-state index contributed by atoms with van der Waals surface area (Å²) < 4.78 is 11.6. The maximum Gasteiger partial charge on any atom is 0.219 e. The van der Waals surface area contributed by atoms with Crippen LogP contribution < -0.4 is 15.0 Å². The van der Waals surface area contributed by atoms with Gasteiger partial charge in [-0.25, -0.2) is 5.48 Å². The second-order valence-corrected chi connectivity index (χ2v) is 5.89. The van der Waals surface area contributed by atoms with Crippen molar-refractivity contribution in [2.75, 3.05) is 0 Å². The molecule has 1 aliphatic heterocycles. The van der Waals surface area contributed by atoms with E-state index in [1.807, 2.05) is 73.7 Å². The van der Waals surface area contributed by atoms with Crippen molar-refractivity contribution in [3.63, 3.8) is 0 Å². The number of para-hydroxylation sites is 1. The summed E-state index contributed by atoms with van der Waals surface area (Å²) in [5, 5.41) is 0. The minimum Gasteiger partial charge on any atom is -0.457 e. The topological polar surface area (TPSA) is 52.6 Å².